The van der Waals surface area contributed by atoms with Gasteiger partial charge in [0, 0.05) is 0 Å². The molecule has 0 unspecified atom stereocenters. The first-order chi connectivity index (χ1) is 6.54. The maximum absolute atomic E-state index is 8.71. The van der Waals surface area contributed by atoms with Crippen LogP contribution >= 0.6 is 22.6 Å². The van der Waals surface area contributed by atoms with Crippen LogP contribution in [0.1, 0.15) is 19.4 Å². The van der Waals surface area contributed by atoms with Crippen LogP contribution in [-0.2, 0) is 0 Å². The molecule has 0 heterocycles. The molecule has 0 aliphatic heterocycles. The monoisotopic (exact) mass is 302 g/mol. The van der Waals surface area contributed by atoms with Gasteiger partial charge in [0.15, 0.2) is 5.75 Å². The quantitative estimate of drug-likeness (QED) is 0.674. The van der Waals surface area contributed by atoms with E-state index in [1.54, 1.807) is 12.1 Å². The van der Waals surface area contributed by atoms with Crippen LogP contribution in [0.2, 0.25) is 0 Å². The predicted molar refractivity (Wildman–Crippen MR) is 64.1 cm³/mol. The summed E-state index contributed by atoms with van der Waals surface area (Å²) in [6.45, 7) is 3.88. The van der Waals surface area contributed by atoms with Crippen LogP contribution in [-0.4, -0.2) is 6.10 Å². The van der Waals surface area contributed by atoms with Gasteiger partial charge in [-0.3, -0.25) is 0 Å². The smallest absolute Gasteiger partial charge is 0.155 e. The summed E-state index contributed by atoms with van der Waals surface area (Å²) in [7, 11) is 0. The lowest BCUT2D eigenvalue weighted by Gasteiger charge is -2.13. The summed E-state index contributed by atoms with van der Waals surface area (Å²) in [4.78, 5) is 0. The molecule has 0 saturated heterocycles. The molecular weight excluding hydrogens is 291 g/mol. The van der Waals surface area contributed by atoms with Crippen molar-refractivity contribution in [2.45, 2.75) is 20.0 Å². The first-order valence-corrected chi connectivity index (χ1v) is 5.28. The Morgan fingerprint density at radius 2 is 2.14 bits per heavy atom. The van der Waals surface area contributed by atoms with Crippen LogP contribution in [0.5, 0.6) is 5.75 Å². The number of nitrogen functional groups attached to an aromatic ring is 1. The number of rotatable bonds is 2. The third-order valence-electron chi connectivity index (χ3n) is 1.55. The molecule has 2 N–H and O–H groups in total. The molecule has 0 amide bonds. The van der Waals surface area contributed by atoms with Crippen molar-refractivity contribution in [3.8, 4) is 11.8 Å². The number of halogens is 1. The molecule has 0 aliphatic carbocycles. The summed E-state index contributed by atoms with van der Waals surface area (Å²) in [5, 5.41) is 8.71. The van der Waals surface area contributed by atoms with Gasteiger partial charge in [-0.15, -0.1) is 0 Å². The average Bonchev–Trinajstić information content (AvgIpc) is 2.10. The van der Waals surface area contributed by atoms with Gasteiger partial charge in [-0.25, -0.2) is 0 Å². The molecule has 0 aliphatic rings. The molecule has 14 heavy (non-hydrogen) atoms. The van der Waals surface area contributed by atoms with Gasteiger partial charge >= 0.3 is 0 Å². The summed E-state index contributed by atoms with van der Waals surface area (Å²) in [6.07, 6.45) is 0.0822. The number of nitrogens with zero attached hydrogens (tertiary/aromatic N) is 1. The number of anilines is 1. The summed E-state index contributed by atoms with van der Waals surface area (Å²) in [5.74, 6) is 0.666. The zero-order valence-electron chi connectivity index (χ0n) is 8.04. The highest BCUT2D eigenvalue weighted by atomic mass is 127. The van der Waals surface area contributed by atoms with Crippen molar-refractivity contribution in [1.29, 1.82) is 5.26 Å². The molecule has 0 saturated carbocycles. The van der Waals surface area contributed by atoms with E-state index < -0.39 is 0 Å². The van der Waals surface area contributed by atoms with E-state index in [9.17, 15) is 0 Å². The predicted octanol–water partition coefficient (Wildman–Crippen LogP) is 2.53. The molecule has 0 bridgehead atoms. The van der Waals surface area contributed by atoms with Crippen molar-refractivity contribution in [2.75, 3.05) is 5.73 Å². The molecule has 1 aromatic rings. The summed E-state index contributed by atoms with van der Waals surface area (Å²) in [5.41, 5.74) is 6.84. The van der Waals surface area contributed by atoms with Gasteiger partial charge in [0.05, 0.1) is 27.0 Å². The molecule has 3 nitrogen and oxygen atoms in total. The fourth-order valence-corrected chi connectivity index (χ4v) is 1.81. The van der Waals surface area contributed by atoms with Crippen molar-refractivity contribution in [3.05, 3.63) is 21.3 Å². The van der Waals surface area contributed by atoms with Crippen molar-refractivity contribution >= 4 is 28.3 Å². The van der Waals surface area contributed by atoms with E-state index in [0.717, 1.165) is 3.57 Å². The Morgan fingerprint density at radius 1 is 1.50 bits per heavy atom. The Kier molecular flexibility index (Phi) is 3.58. The van der Waals surface area contributed by atoms with Crippen LogP contribution in [0.25, 0.3) is 0 Å². The SMILES string of the molecule is CC(C)Oc1c(N)cc(C#N)cc1I. The normalized spacial score (nSPS) is 9.93. The van der Waals surface area contributed by atoms with Crippen molar-refractivity contribution < 1.29 is 4.74 Å². The molecule has 0 atom stereocenters. The molecule has 4 heteroatoms. The van der Waals surface area contributed by atoms with Gasteiger partial charge in [-0.1, -0.05) is 0 Å². The number of nitrogens with two attached hydrogens (primary N) is 1. The number of nitriles is 1. The largest absolute Gasteiger partial charge is 0.488 e. The summed E-state index contributed by atoms with van der Waals surface area (Å²) < 4.78 is 6.40. The van der Waals surface area contributed by atoms with Crippen LogP contribution in [0, 0.1) is 14.9 Å². The van der Waals surface area contributed by atoms with Crippen molar-refractivity contribution in [2.24, 2.45) is 0 Å². The van der Waals surface area contributed by atoms with Gasteiger partial charge in [0.2, 0.25) is 0 Å². The van der Waals surface area contributed by atoms with Crippen molar-refractivity contribution in [3.63, 3.8) is 0 Å². The van der Waals surface area contributed by atoms with Gasteiger partial charge < -0.3 is 10.5 Å². The van der Waals surface area contributed by atoms with E-state index in [1.807, 2.05) is 19.9 Å². The molecule has 1 rings (SSSR count). The lowest BCUT2D eigenvalue weighted by molar-refractivity contribution is 0.242. The third kappa shape index (κ3) is 2.51. The van der Waals surface area contributed by atoms with E-state index in [-0.39, 0.29) is 6.10 Å². The third-order valence-corrected chi connectivity index (χ3v) is 2.36. The zero-order valence-corrected chi connectivity index (χ0v) is 10.2. The second kappa shape index (κ2) is 4.51. The maximum Gasteiger partial charge on any atom is 0.155 e. The molecular formula is C10H11IN2O. The van der Waals surface area contributed by atoms with Gasteiger partial charge in [0.25, 0.3) is 0 Å². The van der Waals surface area contributed by atoms with Crippen LogP contribution < -0.4 is 10.5 Å². The van der Waals surface area contributed by atoms with Crippen LogP contribution in [0.4, 0.5) is 5.69 Å². The van der Waals surface area contributed by atoms with Gasteiger partial charge in [-0.2, -0.15) is 5.26 Å². The lowest BCUT2D eigenvalue weighted by atomic mass is 10.2. The maximum atomic E-state index is 8.71. The number of benzene rings is 1. The molecule has 0 spiro atoms. The molecule has 74 valence electrons. The Labute approximate surface area is 97.0 Å². The highest BCUT2D eigenvalue weighted by Crippen LogP contribution is 2.30. The van der Waals surface area contributed by atoms with Gasteiger partial charge in [-0.05, 0) is 48.6 Å². The first-order valence-electron chi connectivity index (χ1n) is 4.20. The highest BCUT2D eigenvalue weighted by molar-refractivity contribution is 14.1. The minimum Gasteiger partial charge on any atom is -0.488 e. The highest BCUT2D eigenvalue weighted by Gasteiger charge is 2.09. The minimum absolute atomic E-state index is 0.0822. The number of hydrogen-bond donors (Lipinski definition) is 1. The molecule has 1 aromatic carbocycles. The minimum atomic E-state index is 0.0822. The zero-order chi connectivity index (χ0) is 10.7. The fourth-order valence-electron chi connectivity index (χ4n) is 1.04. The van der Waals surface area contributed by atoms with E-state index in [2.05, 4.69) is 22.6 Å². The van der Waals surface area contributed by atoms with Crippen LogP contribution in [0.3, 0.4) is 0 Å². The molecule has 0 fully saturated rings. The van der Waals surface area contributed by atoms with Crippen molar-refractivity contribution in [1.82, 2.24) is 0 Å². The van der Waals surface area contributed by atoms with E-state index in [4.69, 9.17) is 15.7 Å². The Morgan fingerprint density at radius 3 is 2.57 bits per heavy atom. The molecule has 0 aromatic heterocycles. The standard InChI is InChI=1S/C10H11IN2O/c1-6(2)14-10-8(11)3-7(5-12)4-9(10)13/h3-4,6H,13H2,1-2H3. The second-order valence-corrected chi connectivity index (χ2v) is 4.32. The molecule has 0 radical (unpaired) electrons. The number of ether oxygens (including phenoxy) is 1. The summed E-state index contributed by atoms with van der Waals surface area (Å²) >= 11 is 2.11. The average molecular weight is 302 g/mol. The Hall–Kier alpha value is -0.960. The van der Waals surface area contributed by atoms with E-state index >= 15 is 0 Å². The second-order valence-electron chi connectivity index (χ2n) is 3.15. The summed E-state index contributed by atoms with van der Waals surface area (Å²) in [6, 6.07) is 5.43. The number of hydrogen-bond acceptors (Lipinski definition) is 3. The topological polar surface area (TPSA) is 59.0 Å². The van der Waals surface area contributed by atoms with E-state index in [0.29, 0.717) is 17.0 Å². The van der Waals surface area contributed by atoms with E-state index in [1.165, 1.54) is 0 Å². The van der Waals surface area contributed by atoms with Gasteiger partial charge in [0.1, 0.15) is 0 Å². The Balaban J connectivity index is 3.13. The fraction of sp³-hybridized carbons (Fsp3) is 0.300. The Bertz CT molecular complexity index is 359. The lowest BCUT2D eigenvalue weighted by Crippen LogP contribution is -2.09. The first kappa shape index (κ1) is 11.1. The van der Waals surface area contributed by atoms with Crippen LogP contribution in [0.15, 0.2) is 12.1 Å².